The van der Waals surface area contributed by atoms with Crippen molar-refractivity contribution in [3.8, 4) is 6.07 Å². The lowest BCUT2D eigenvalue weighted by molar-refractivity contribution is 0.0472. The first-order valence-corrected chi connectivity index (χ1v) is 7.88. The Morgan fingerprint density at radius 3 is 2.96 bits per heavy atom. The summed E-state index contributed by atoms with van der Waals surface area (Å²) in [7, 11) is 0. The number of hydrogen-bond donors (Lipinski definition) is 0. The zero-order valence-electron chi connectivity index (χ0n) is 11.8. The zero-order chi connectivity index (χ0) is 16.4. The van der Waals surface area contributed by atoms with Gasteiger partial charge in [0, 0.05) is 22.4 Å². The molecule has 0 spiro atoms. The first-order chi connectivity index (χ1) is 11.1. The van der Waals surface area contributed by atoms with E-state index in [9.17, 15) is 10.1 Å². The van der Waals surface area contributed by atoms with E-state index in [0.29, 0.717) is 16.1 Å². The van der Waals surface area contributed by atoms with Gasteiger partial charge in [0.05, 0.1) is 21.7 Å². The molecular formula is C17H10BrClN2O2. The molecule has 3 rings (SSSR count). The quantitative estimate of drug-likeness (QED) is 0.616. The summed E-state index contributed by atoms with van der Waals surface area (Å²) >= 11 is 9.31. The lowest BCUT2D eigenvalue weighted by Crippen LogP contribution is -2.06. The molecule has 0 saturated heterocycles. The Kier molecular flexibility index (Phi) is 4.37. The number of esters is 1. The van der Waals surface area contributed by atoms with Gasteiger partial charge in [0.2, 0.25) is 0 Å². The van der Waals surface area contributed by atoms with Crippen LogP contribution in [0.3, 0.4) is 0 Å². The monoisotopic (exact) mass is 388 g/mol. The summed E-state index contributed by atoms with van der Waals surface area (Å²) in [5, 5.41) is 9.66. The molecule has 0 bridgehead atoms. The Labute approximate surface area is 146 Å². The van der Waals surface area contributed by atoms with Crippen LogP contribution in [-0.4, -0.2) is 10.4 Å². The Morgan fingerprint density at radius 1 is 1.35 bits per heavy atom. The normalized spacial score (nSPS) is 10.5. The highest BCUT2D eigenvalue weighted by Gasteiger charge is 2.15. The molecular weight excluding hydrogens is 380 g/mol. The maximum absolute atomic E-state index is 12.2. The van der Waals surface area contributed by atoms with E-state index in [-0.39, 0.29) is 12.2 Å². The van der Waals surface area contributed by atoms with Crippen LogP contribution < -0.4 is 0 Å². The molecule has 114 valence electrons. The molecule has 3 aromatic rings. The molecule has 23 heavy (non-hydrogen) atoms. The van der Waals surface area contributed by atoms with Crippen molar-refractivity contribution in [2.75, 3.05) is 0 Å². The van der Waals surface area contributed by atoms with Crippen LogP contribution in [0, 0.1) is 11.3 Å². The van der Waals surface area contributed by atoms with Crippen LogP contribution in [0.5, 0.6) is 0 Å². The number of hydrogen-bond acceptors (Lipinski definition) is 3. The largest absolute Gasteiger partial charge is 0.457 e. The summed E-state index contributed by atoms with van der Waals surface area (Å²) in [6, 6.07) is 12.7. The minimum Gasteiger partial charge on any atom is -0.457 e. The molecule has 0 aliphatic rings. The Morgan fingerprint density at radius 2 is 2.17 bits per heavy atom. The SMILES string of the molecule is N#Cc1c(COC(=O)c2cc(Br)ccc2Cl)cn2ccccc12. The molecule has 0 N–H and O–H groups in total. The highest BCUT2D eigenvalue weighted by atomic mass is 79.9. The molecule has 1 aromatic carbocycles. The maximum atomic E-state index is 12.2. The topological polar surface area (TPSA) is 54.5 Å². The molecule has 0 aliphatic heterocycles. The molecule has 0 aliphatic carbocycles. The fraction of sp³-hybridized carbons (Fsp3) is 0.0588. The Balaban J connectivity index is 1.85. The van der Waals surface area contributed by atoms with E-state index in [1.165, 1.54) is 0 Å². The summed E-state index contributed by atoms with van der Waals surface area (Å²) in [6.07, 6.45) is 3.62. The molecule has 0 unspecified atom stereocenters. The Bertz CT molecular complexity index is 943. The van der Waals surface area contributed by atoms with Gasteiger partial charge in [-0.05, 0) is 30.3 Å². The van der Waals surface area contributed by atoms with Crippen molar-refractivity contribution >= 4 is 39.0 Å². The smallest absolute Gasteiger partial charge is 0.340 e. The third-order valence-electron chi connectivity index (χ3n) is 3.38. The van der Waals surface area contributed by atoms with E-state index < -0.39 is 5.97 Å². The maximum Gasteiger partial charge on any atom is 0.340 e. The molecule has 0 atom stereocenters. The van der Waals surface area contributed by atoms with Crippen molar-refractivity contribution in [1.29, 1.82) is 5.26 Å². The van der Waals surface area contributed by atoms with Gasteiger partial charge < -0.3 is 9.14 Å². The van der Waals surface area contributed by atoms with Gasteiger partial charge >= 0.3 is 5.97 Å². The fourth-order valence-corrected chi connectivity index (χ4v) is 2.85. The molecule has 4 nitrogen and oxygen atoms in total. The molecule has 2 aromatic heterocycles. The second-order valence-corrected chi connectivity index (χ2v) is 6.16. The van der Waals surface area contributed by atoms with E-state index in [2.05, 4.69) is 22.0 Å². The van der Waals surface area contributed by atoms with Crippen molar-refractivity contribution < 1.29 is 9.53 Å². The van der Waals surface area contributed by atoms with E-state index in [1.807, 2.05) is 28.8 Å². The van der Waals surface area contributed by atoms with Crippen molar-refractivity contribution in [3.63, 3.8) is 0 Å². The predicted octanol–water partition coefficient (Wildman–Crippen LogP) is 4.58. The van der Waals surface area contributed by atoms with E-state index in [4.69, 9.17) is 16.3 Å². The van der Waals surface area contributed by atoms with Gasteiger partial charge in [0.15, 0.2) is 0 Å². The van der Waals surface area contributed by atoms with Gasteiger partial charge in [-0.1, -0.05) is 33.6 Å². The minimum absolute atomic E-state index is 0.00620. The molecule has 0 radical (unpaired) electrons. The van der Waals surface area contributed by atoms with E-state index in [0.717, 1.165) is 9.99 Å². The van der Waals surface area contributed by atoms with Gasteiger partial charge in [-0.2, -0.15) is 5.26 Å². The Hall–Kier alpha value is -2.29. The summed E-state index contributed by atoms with van der Waals surface area (Å²) < 4.78 is 7.88. The van der Waals surface area contributed by atoms with Crippen LogP contribution in [0.2, 0.25) is 5.02 Å². The van der Waals surface area contributed by atoms with Crippen LogP contribution in [0.1, 0.15) is 21.5 Å². The van der Waals surface area contributed by atoms with Crippen LogP contribution in [0.15, 0.2) is 53.3 Å². The van der Waals surface area contributed by atoms with Gasteiger partial charge in [0.25, 0.3) is 0 Å². The van der Waals surface area contributed by atoms with Crippen molar-refractivity contribution in [3.05, 3.63) is 75.0 Å². The number of benzene rings is 1. The number of nitriles is 1. The van der Waals surface area contributed by atoms with Gasteiger partial charge in [-0.15, -0.1) is 0 Å². The number of nitrogens with zero attached hydrogens (tertiary/aromatic N) is 2. The average molecular weight is 390 g/mol. The summed E-state index contributed by atoms with van der Waals surface area (Å²) in [4.78, 5) is 12.2. The third-order valence-corrected chi connectivity index (χ3v) is 4.20. The van der Waals surface area contributed by atoms with Gasteiger partial charge in [-0.25, -0.2) is 4.79 Å². The highest BCUT2D eigenvalue weighted by Crippen LogP contribution is 2.23. The number of carbonyl (C=O) groups excluding carboxylic acids is 1. The molecule has 6 heteroatoms. The number of pyridine rings is 1. The number of halogens is 2. The lowest BCUT2D eigenvalue weighted by atomic mass is 10.2. The first-order valence-electron chi connectivity index (χ1n) is 6.71. The van der Waals surface area contributed by atoms with Crippen molar-refractivity contribution in [1.82, 2.24) is 4.40 Å². The lowest BCUT2D eigenvalue weighted by Gasteiger charge is -2.06. The third kappa shape index (κ3) is 3.09. The minimum atomic E-state index is -0.532. The second-order valence-electron chi connectivity index (χ2n) is 4.83. The van der Waals surface area contributed by atoms with Crippen LogP contribution in [-0.2, 0) is 11.3 Å². The number of fused-ring (bicyclic) bond motifs is 1. The summed E-state index contributed by atoms with van der Waals surface area (Å²) in [5.74, 6) is -0.532. The standard InChI is InChI=1S/C17H10BrClN2O2/c18-12-4-5-15(19)13(7-12)17(22)23-10-11-9-21-6-2-1-3-16(21)14(11)8-20/h1-7,9H,10H2. The average Bonchev–Trinajstić information content (AvgIpc) is 2.92. The number of carbonyl (C=O) groups is 1. The first kappa shape index (κ1) is 15.6. The predicted molar refractivity (Wildman–Crippen MR) is 90.4 cm³/mol. The van der Waals surface area contributed by atoms with Crippen LogP contribution in [0.25, 0.3) is 5.52 Å². The number of aromatic nitrogens is 1. The van der Waals surface area contributed by atoms with Crippen LogP contribution in [0.4, 0.5) is 0 Å². The fourth-order valence-electron chi connectivity index (χ4n) is 2.29. The summed E-state index contributed by atoms with van der Waals surface area (Å²) in [5.41, 5.74) is 2.21. The van der Waals surface area contributed by atoms with Crippen molar-refractivity contribution in [2.45, 2.75) is 6.61 Å². The summed E-state index contributed by atoms with van der Waals surface area (Å²) in [6.45, 7) is 0.00620. The molecule has 2 heterocycles. The van der Waals surface area contributed by atoms with Gasteiger partial charge in [-0.3, -0.25) is 0 Å². The molecule has 0 fully saturated rings. The van der Waals surface area contributed by atoms with Crippen LogP contribution >= 0.6 is 27.5 Å². The number of rotatable bonds is 3. The number of ether oxygens (including phenoxy) is 1. The second kappa shape index (κ2) is 6.45. The van der Waals surface area contributed by atoms with Crippen molar-refractivity contribution in [2.24, 2.45) is 0 Å². The van der Waals surface area contributed by atoms with E-state index in [1.54, 1.807) is 24.4 Å². The van der Waals surface area contributed by atoms with Gasteiger partial charge in [0.1, 0.15) is 12.7 Å². The molecule has 0 amide bonds. The zero-order valence-corrected chi connectivity index (χ0v) is 14.1. The molecule has 0 saturated carbocycles. The van der Waals surface area contributed by atoms with E-state index >= 15 is 0 Å². The highest BCUT2D eigenvalue weighted by molar-refractivity contribution is 9.10.